The van der Waals surface area contributed by atoms with Gasteiger partial charge in [-0.05, 0) is 24.6 Å². The van der Waals surface area contributed by atoms with Crippen molar-refractivity contribution in [3.05, 3.63) is 0 Å². The molecule has 0 aliphatic heterocycles. The highest BCUT2D eigenvalue weighted by Crippen LogP contribution is 2.22. The average Bonchev–Trinajstić information content (AvgIpc) is 2.50. The molecule has 0 heterocycles. The van der Waals surface area contributed by atoms with Gasteiger partial charge in [0.05, 0.1) is 6.61 Å². The van der Waals surface area contributed by atoms with E-state index in [1.54, 1.807) is 0 Å². The van der Waals surface area contributed by atoms with Crippen LogP contribution in [0.3, 0.4) is 0 Å². The maximum atomic E-state index is 11.6. The third-order valence-corrected chi connectivity index (χ3v) is 8.15. The zero-order valence-corrected chi connectivity index (χ0v) is 14.7. The third-order valence-electron chi connectivity index (χ3n) is 3.67. The number of carbonyl (C=O) groups excluding carboxylic acids is 2. The first-order valence-electron chi connectivity index (χ1n) is 7.85. The summed E-state index contributed by atoms with van der Waals surface area (Å²) in [6.07, 6.45) is 2.44. The Kier molecular flexibility index (Phi) is 10.7. The lowest BCUT2D eigenvalue weighted by Crippen LogP contribution is -2.37. The van der Waals surface area contributed by atoms with Crippen LogP contribution >= 0.6 is 0 Å². The predicted molar refractivity (Wildman–Crippen MR) is 84.0 cm³/mol. The van der Waals surface area contributed by atoms with Crippen LogP contribution in [0.15, 0.2) is 10.2 Å². The van der Waals surface area contributed by atoms with E-state index < -0.39 is 20.5 Å². The molecule has 0 aliphatic carbocycles. The Morgan fingerprint density at radius 3 is 1.95 bits per heavy atom. The van der Waals surface area contributed by atoms with Crippen molar-refractivity contribution in [3.8, 4) is 0 Å². The molecule has 0 saturated heterocycles. The largest absolute Gasteiger partial charge is 0.501 e. The van der Waals surface area contributed by atoms with Gasteiger partial charge in [-0.15, -0.1) is 0 Å². The van der Waals surface area contributed by atoms with Crippen molar-refractivity contribution in [2.75, 3.05) is 6.61 Å². The summed E-state index contributed by atoms with van der Waals surface area (Å²) in [5.74, 6) is 0. The zero-order valence-electron chi connectivity index (χ0n) is 13.7. The first-order valence-corrected chi connectivity index (χ1v) is 10.4. The van der Waals surface area contributed by atoms with E-state index in [0.717, 1.165) is 43.8 Å². The first-order chi connectivity index (χ1) is 10.0. The smallest absolute Gasteiger partial charge is 0.452 e. The fourth-order valence-electron chi connectivity index (χ4n) is 1.97. The van der Waals surface area contributed by atoms with Crippen LogP contribution in [-0.4, -0.2) is 27.1 Å². The van der Waals surface area contributed by atoms with Gasteiger partial charge < -0.3 is 9.16 Å². The minimum atomic E-state index is -2.05. The minimum absolute atomic E-state index is 0.310. The Bertz CT molecular complexity index is 336. The molecule has 122 valence electrons. The molecule has 0 radical (unpaired) electrons. The summed E-state index contributed by atoms with van der Waals surface area (Å²) >= 11 is 0. The predicted octanol–water partition coefficient (Wildman–Crippen LogP) is 5.30. The second-order valence-corrected chi connectivity index (χ2v) is 9.68. The molecule has 0 atom stereocenters. The number of azo groups is 1. The lowest BCUT2D eigenvalue weighted by atomic mass is 10.2. The molecular formula is C14H28N2O4Si. The summed E-state index contributed by atoms with van der Waals surface area (Å²) in [4.78, 5) is 22.9. The second kappa shape index (κ2) is 11.4. The minimum Gasteiger partial charge on any atom is -0.501 e. The van der Waals surface area contributed by atoms with Crippen molar-refractivity contribution < 1.29 is 18.8 Å². The molecule has 0 aromatic carbocycles. The average molecular weight is 316 g/mol. The first kappa shape index (κ1) is 19.8. The van der Waals surface area contributed by atoms with Gasteiger partial charge in [-0.1, -0.05) is 57.2 Å². The number of unbranched alkanes of at least 4 members (excludes halogenated alkanes) is 3. The van der Waals surface area contributed by atoms with Crippen molar-refractivity contribution >= 4 is 20.5 Å². The Labute approximate surface area is 128 Å². The van der Waals surface area contributed by atoms with Gasteiger partial charge in [0.15, 0.2) is 0 Å². The molecule has 0 rings (SSSR count). The van der Waals surface area contributed by atoms with E-state index in [-0.39, 0.29) is 0 Å². The van der Waals surface area contributed by atoms with Gasteiger partial charge in [0, 0.05) is 0 Å². The highest BCUT2D eigenvalue weighted by molar-refractivity contribution is 6.74. The molecule has 0 N–H and O–H groups in total. The fraction of sp³-hybridized carbons (Fsp3) is 0.857. The number of amides is 2. The standard InChI is InChI=1S/C14H28N2O4Si/c1-5-9-10-11-12-19-13(17)15-16-14(18)20-21(6-2,7-3)8-4/h5-12H2,1-4H3/b16-15+. The normalized spacial score (nSPS) is 11.6. The summed E-state index contributed by atoms with van der Waals surface area (Å²) in [7, 11) is -2.05. The number of hydrogen-bond acceptors (Lipinski definition) is 4. The Balaban J connectivity index is 4.10. The van der Waals surface area contributed by atoms with Gasteiger partial charge >= 0.3 is 12.2 Å². The van der Waals surface area contributed by atoms with Crippen molar-refractivity contribution in [1.82, 2.24) is 0 Å². The third kappa shape index (κ3) is 8.59. The zero-order chi connectivity index (χ0) is 16.1. The van der Waals surface area contributed by atoms with E-state index in [4.69, 9.17) is 9.16 Å². The van der Waals surface area contributed by atoms with Crippen LogP contribution in [0.1, 0.15) is 53.4 Å². The van der Waals surface area contributed by atoms with Crippen LogP contribution in [0.5, 0.6) is 0 Å². The van der Waals surface area contributed by atoms with E-state index in [9.17, 15) is 9.59 Å². The van der Waals surface area contributed by atoms with Crippen LogP contribution in [0.2, 0.25) is 18.1 Å². The summed E-state index contributed by atoms with van der Waals surface area (Å²) in [5.41, 5.74) is 0. The molecule has 0 aromatic heterocycles. The Hall–Kier alpha value is -1.24. The second-order valence-electron chi connectivity index (χ2n) is 4.99. The summed E-state index contributed by atoms with van der Waals surface area (Å²) in [6.45, 7) is 8.44. The summed E-state index contributed by atoms with van der Waals surface area (Å²) < 4.78 is 10.3. The molecule has 7 heteroatoms. The molecule has 0 fully saturated rings. The number of hydrogen-bond donors (Lipinski definition) is 0. The molecular weight excluding hydrogens is 288 g/mol. The van der Waals surface area contributed by atoms with E-state index >= 15 is 0 Å². The maximum Gasteiger partial charge on any atom is 0.452 e. The van der Waals surface area contributed by atoms with Gasteiger partial charge in [-0.2, -0.15) is 0 Å². The fourth-order valence-corrected chi connectivity index (χ4v) is 4.32. The molecule has 0 bridgehead atoms. The maximum absolute atomic E-state index is 11.6. The molecule has 0 spiro atoms. The molecule has 6 nitrogen and oxygen atoms in total. The molecule has 0 aliphatic rings. The van der Waals surface area contributed by atoms with E-state index in [0.29, 0.717) is 6.61 Å². The van der Waals surface area contributed by atoms with E-state index in [1.807, 2.05) is 20.8 Å². The Morgan fingerprint density at radius 1 is 0.857 bits per heavy atom. The lowest BCUT2D eigenvalue weighted by Gasteiger charge is -2.25. The van der Waals surface area contributed by atoms with Gasteiger partial charge in [0.25, 0.3) is 8.32 Å². The highest BCUT2D eigenvalue weighted by atomic mass is 28.4. The van der Waals surface area contributed by atoms with Crippen LogP contribution < -0.4 is 0 Å². The number of rotatable bonds is 9. The van der Waals surface area contributed by atoms with Crippen LogP contribution in [0.4, 0.5) is 9.59 Å². The topological polar surface area (TPSA) is 77.3 Å². The van der Waals surface area contributed by atoms with Crippen LogP contribution in [-0.2, 0) is 9.16 Å². The lowest BCUT2D eigenvalue weighted by molar-refractivity contribution is 0.151. The number of nitrogens with zero attached hydrogens (tertiary/aromatic N) is 2. The monoisotopic (exact) mass is 316 g/mol. The van der Waals surface area contributed by atoms with Gasteiger partial charge in [0.2, 0.25) is 0 Å². The SMILES string of the molecule is CCCCCCOC(=O)/N=N/C(=O)O[Si](CC)(CC)CC. The van der Waals surface area contributed by atoms with Gasteiger partial charge in [-0.25, -0.2) is 9.59 Å². The summed E-state index contributed by atoms with van der Waals surface area (Å²) in [6, 6.07) is 2.51. The van der Waals surface area contributed by atoms with Gasteiger partial charge in [-0.3, -0.25) is 0 Å². The molecule has 0 unspecified atom stereocenters. The van der Waals surface area contributed by atoms with Crippen molar-refractivity contribution in [1.29, 1.82) is 0 Å². The quantitative estimate of drug-likeness (QED) is 0.328. The number of carbonyl (C=O) groups is 2. The van der Waals surface area contributed by atoms with Gasteiger partial charge in [0.1, 0.15) is 0 Å². The molecule has 2 amide bonds. The van der Waals surface area contributed by atoms with E-state index in [2.05, 4.69) is 17.2 Å². The molecule has 0 saturated carbocycles. The highest BCUT2D eigenvalue weighted by Gasteiger charge is 2.32. The summed E-state index contributed by atoms with van der Waals surface area (Å²) in [5, 5.41) is 6.53. The number of ether oxygens (including phenoxy) is 1. The molecule has 21 heavy (non-hydrogen) atoms. The van der Waals surface area contributed by atoms with Crippen LogP contribution in [0, 0.1) is 0 Å². The van der Waals surface area contributed by atoms with Crippen LogP contribution in [0.25, 0.3) is 0 Å². The van der Waals surface area contributed by atoms with Crippen molar-refractivity contribution in [3.63, 3.8) is 0 Å². The van der Waals surface area contributed by atoms with Crippen molar-refractivity contribution in [2.24, 2.45) is 10.2 Å². The molecule has 0 aromatic rings. The van der Waals surface area contributed by atoms with Crippen molar-refractivity contribution in [2.45, 2.75) is 71.5 Å². The van der Waals surface area contributed by atoms with E-state index in [1.165, 1.54) is 0 Å². The Morgan fingerprint density at radius 2 is 1.43 bits per heavy atom.